The van der Waals surface area contributed by atoms with Crippen molar-refractivity contribution in [3.05, 3.63) is 52.0 Å². The average Bonchev–Trinajstić information content (AvgIpc) is 3.22. The quantitative estimate of drug-likeness (QED) is 0.878. The second-order valence-corrected chi connectivity index (χ2v) is 6.59. The highest BCUT2D eigenvalue weighted by atomic mass is 35.5. The zero-order valence-corrected chi connectivity index (χ0v) is 14.5. The molecule has 0 saturated heterocycles. The fourth-order valence-electron chi connectivity index (χ4n) is 3.39. The number of anilines is 1. The number of rotatable bonds is 4. The Bertz CT molecular complexity index is 790. The molecule has 0 radical (unpaired) electrons. The van der Waals surface area contributed by atoms with E-state index in [0.29, 0.717) is 30.5 Å². The summed E-state index contributed by atoms with van der Waals surface area (Å²) in [4.78, 5) is 12.1. The molecule has 0 atom stereocenters. The van der Waals surface area contributed by atoms with Gasteiger partial charge >= 0.3 is 6.03 Å². The molecule has 25 heavy (non-hydrogen) atoms. The third kappa shape index (κ3) is 3.37. The highest BCUT2D eigenvalue weighted by molar-refractivity contribution is 6.30. The van der Waals surface area contributed by atoms with Gasteiger partial charge in [0.25, 0.3) is 0 Å². The first-order chi connectivity index (χ1) is 12.2. The molecule has 2 heterocycles. The highest BCUT2D eigenvalue weighted by Gasteiger charge is 2.26. The van der Waals surface area contributed by atoms with Crippen LogP contribution in [-0.4, -0.2) is 25.8 Å². The third-order valence-electron chi connectivity index (χ3n) is 4.50. The summed E-state index contributed by atoms with van der Waals surface area (Å²) in [6.45, 7) is 1.96. The van der Waals surface area contributed by atoms with Crippen molar-refractivity contribution < 1.29 is 14.3 Å². The average molecular weight is 359 g/mol. The summed E-state index contributed by atoms with van der Waals surface area (Å²) < 4.78 is 11.5. The summed E-state index contributed by atoms with van der Waals surface area (Å²) in [6, 6.07) is 8.93. The first-order valence-electron chi connectivity index (χ1n) is 8.44. The van der Waals surface area contributed by atoms with Crippen LogP contribution in [0.3, 0.4) is 0 Å². The Labute approximate surface area is 151 Å². The van der Waals surface area contributed by atoms with E-state index in [4.69, 9.17) is 21.1 Å². The van der Waals surface area contributed by atoms with Gasteiger partial charge in [-0.25, -0.2) is 4.79 Å². The molecular formula is C19H19ClN2O3. The van der Waals surface area contributed by atoms with Crippen LogP contribution in [0.1, 0.15) is 16.7 Å². The lowest BCUT2D eigenvalue weighted by molar-refractivity contribution is 0.252. The normalized spacial score (nSPS) is 14.3. The van der Waals surface area contributed by atoms with Gasteiger partial charge in [0, 0.05) is 46.8 Å². The van der Waals surface area contributed by atoms with Crippen LogP contribution in [0.15, 0.2) is 30.3 Å². The summed E-state index contributed by atoms with van der Waals surface area (Å²) in [5, 5.41) is 6.26. The SMILES string of the molecule is O=C(NCCc1c2c(cc3c1OCC3)OCC2)Nc1cccc(Cl)c1. The summed E-state index contributed by atoms with van der Waals surface area (Å²) in [7, 11) is 0. The monoisotopic (exact) mass is 358 g/mol. The lowest BCUT2D eigenvalue weighted by Crippen LogP contribution is -2.30. The Balaban J connectivity index is 1.40. The molecule has 2 aromatic carbocycles. The van der Waals surface area contributed by atoms with Crippen LogP contribution in [-0.2, 0) is 19.3 Å². The Hall–Kier alpha value is -2.40. The summed E-state index contributed by atoms with van der Waals surface area (Å²) in [5.41, 5.74) is 4.27. The van der Waals surface area contributed by atoms with Crippen LogP contribution in [0.25, 0.3) is 0 Å². The van der Waals surface area contributed by atoms with Gasteiger partial charge in [-0.05, 0) is 30.7 Å². The van der Waals surface area contributed by atoms with Crippen molar-refractivity contribution in [1.82, 2.24) is 5.32 Å². The number of amides is 2. The number of benzene rings is 2. The molecule has 130 valence electrons. The standard InChI is InChI=1S/C19H19ClN2O3/c20-13-2-1-3-14(11-13)22-19(23)21-7-4-16-15-6-9-24-17(15)10-12-5-8-25-18(12)16/h1-3,10-11H,4-9H2,(H2,21,22,23). The zero-order valence-electron chi connectivity index (χ0n) is 13.7. The van der Waals surface area contributed by atoms with E-state index in [1.165, 1.54) is 16.7 Å². The van der Waals surface area contributed by atoms with E-state index >= 15 is 0 Å². The molecular weight excluding hydrogens is 340 g/mol. The predicted molar refractivity (Wildman–Crippen MR) is 97.0 cm³/mol. The maximum Gasteiger partial charge on any atom is 0.319 e. The molecule has 5 nitrogen and oxygen atoms in total. The van der Waals surface area contributed by atoms with Gasteiger partial charge in [-0.2, -0.15) is 0 Å². The lowest BCUT2D eigenvalue weighted by atomic mass is 9.97. The molecule has 0 aromatic heterocycles. The first kappa shape index (κ1) is 16.1. The van der Waals surface area contributed by atoms with E-state index in [1.807, 2.05) is 0 Å². The fourth-order valence-corrected chi connectivity index (χ4v) is 3.58. The van der Waals surface area contributed by atoms with Crippen molar-refractivity contribution in [2.24, 2.45) is 0 Å². The van der Waals surface area contributed by atoms with Crippen molar-refractivity contribution in [3.63, 3.8) is 0 Å². The topological polar surface area (TPSA) is 59.6 Å². The number of carbonyl (C=O) groups excluding carboxylic acids is 1. The molecule has 2 aliphatic heterocycles. The number of fused-ring (bicyclic) bond motifs is 2. The highest BCUT2D eigenvalue weighted by Crippen LogP contribution is 2.40. The molecule has 2 aliphatic rings. The maximum absolute atomic E-state index is 12.1. The number of urea groups is 1. The maximum atomic E-state index is 12.1. The molecule has 0 spiro atoms. The van der Waals surface area contributed by atoms with Crippen molar-refractivity contribution in [2.75, 3.05) is 25.1 Å². The first-order valence-corrected chi connectivity index (χ1v) is 8.82. The Kier molecular flexibility index (Phi) is 4.40. The number of halogens is 1. The van der Waals surface area contributed by atoms with Crippen LogP contribution < -0.4 is 20.1 Å². The van der Waals surface area contributed by atoms with Gasteiger partial charge in [-0.1, -0.05) is 17.7 Å². The van der Waals surface area contributed by atoms with Crippen LogP contribution in [0.2, 0.25) is 5.02 Å². The van der Waals surface area contributed by atoms with Gasteiger partial charge in [-0.3, -0.25) is 0 Å². The van der Waals surface area contributed by atoms with E-state index < -0.39 is 0 Å². The Morgan fingerprint density at radius 1 is 1.16 bits per heavy atom. The summed E-state index contributed by atoms with van der Waals surface area (Å²) in [6.07, 6.45) is 2.54. The lowest BCUT2D eigenvalue weighted by Gasteiger charge is -2.13. The van der Waals surface area contributed by atoms with Crippen LogP contribution >= 0.6 is 11.6 Å². The van der Waals surface area contributed by atoms with Gasteiger partial charge in [0.15, 0.2) is 0 Å². The van der Waals surface area contributed by atoms with E-state index in [9.17, 15) is 4.79 Å². The van der Waals surface area contributed by atoms with E-state index in [-0.39, 0.29) is 6.03 Å². The summed E-state index contributed by atoms with van der Waals surface area (Å²) >= 11 is 5.92. The molecule has 0 saturated carbocycles. The number of carbonyl (C=O) groups is 1. The third-order valence-corrected chi connectivity index (χ3v) is 4.74. The second kappa shape index (κ2) is 6.84. The molecule has 2 amide bonds. The van der Waals surface area contributed by atoms with Crippen LogP contribution in [0.5, 0.6) is 11.5 Å². The Morgan fingerprint density at radius 3 is 2.92 bits per heavy atom. The van der Waals surface area contributed by atoms with E-state index in [2.05, 4.69) is 16.7 Å². The number of ether oxygens (including phenoxy) is 2. The van der Waals surface area contributed by atoms with Gasteiger partial charge in [0.2, 0.25) is 0 Å². The number of nitrogens with one attached hydrogen (secondary N) is 2. The van der Waals surface area contributed by atoms with Crippen molar-refractivity contribution in [1.29, 1.82) is 0 Å². The van der Waals surface area contributed by atoms with Crippen LogP contribution in [0.4, 0.5) is 10.5 Å². The molecule has 0 bridgehead atoms. The molecule has 0 aliphatic carbocycles. The van der Waals surface area contributed by atoms with E-state index in [0.717, 1.165) is 30.8 Å². The molecule has 6 heteroatoms. The predicted octanol–water partition coefficient (Wildman–Crippen LogP) is 3.57. The minimum atomic E-state index is -0.247. The molecule has 4 rings (SSSR count). The molecule has 0 unspecified atom stereocenters. The molecule has 2 N–H and O–H groups in total. The van der Waals surface area contributed by atoms with Gasteiger partial charge in [0.05, 0.1) is 13.2 Å². The second-order valence-electron chi connectivity index (χ2n) is 6.16. The van der Waals surface area contributed by atoms with Gasteiger partial charge in [0.1, 0.15) is 11.5 Å². The smallest absolute Gasteiger partial charge is 0.319 e. The van der Waals surface area contributed by atoms with Crippen molar-refractivity contribution in [2.45, 2.75) is 19.3 Å². The van der Waals surface area contributed by atoms with Crippen molar-refractivity contribution >= 4 is 23.3 Å². The number of hydrogen-bond acceptors (Lipinski definition) is 3. The van der Waals surface area contributed by atoms with Crippen LogP contribution in [0, 0.1) is 0 Å². The fraction of sp³-hybridized carbons (Fsp3) is 0.316. The number of hydrogen-bond donors (Lipinski definition) is 2. The minimum Gasteiger partial charge on any atom is -0.493 e. The van der Waals surface area contributed by atoms with E-state index in [1.54, 1.807) is 24.3 Å². The molecule has 2 aromatic rings. The zero-order chi connectivity index (χ0) is 17.2. The molecule has 0 fully saturated rings. The van der Waals surface area contributed by atoms with Crippen molar-refractivity contribution in [3.8, 4) is 11.5 Å². The van der Waals surface area contributed by atoms with Gasteiger partial charge < -0.3 is 20.1 Å². The minimum absolute atomic E-state index is 0.247. The largest absolute Gasteiger partial charge is 0.493 e. The summed E-state index contributed by atoms with van der Waals surface area (Å²) in [5.74, 6) is 1.96. The Morgan fingerprint density at radius 2 is 2.04 bits per heavy atom. The van der Waals surface area contributed by atoms with Gasteiger partial charge in [-0.15, -0.1) is 0 Å².